The van der Waals surface area contributed by atoms with E-state index < -0.39 is 0 Å². The Morgan fingerprint density at radius 3 is 2.71 bits per heavy atom. The Bertz CT molecular complexity index is 994. The molecule has 0 radical (unpaired) electrons. The summed E-state index contributed by atoms with van der Waals surface area (Å²) in [7, 11) is 3.17. The molecule has 1 amide bonds. The van der Waals surface area contributed by atoms with Crippen molar-refractivity contribution in [2.24, 2.45) is 4.99 Å². The molecule has 142 valence electrons. The number of amidine groups is 1. The molecule has 0 saturated carbocycles. The highest BCUT2D eigenvalue weighted by molar-refractivity contribution is 8.18. The monoisotopic (exact) mass is 396 g/mol. The van der Waals surface area contributed by atoms with E-state index >= 15 is 0 Å². The van der Waals surface area contributed by atoms with Gasteiger partial charge in [0.05, 0.1) is 17.7 Å². The number of hydrogen-bond acceptors (Lipinski definition) is 5. The van der Waals surface area contributed by atoms with Crippen molar-refractivity contribution in [1.82, 2.24) is 4.90 Å². The molecule has 1 heterocycles. The lowest BCUT2D eigenvalue weighted by atomic mass is 10.1. The van der Waals surface area contributed by atoms with E-state index in [1.165, 1.54) is 35.9 Å². The molecule has 5 nitrogen and oxygen atoms in total. The number of carbonyl (C=O) groups excluding carboxylic acids is 1. The minimum absolute atomic E-state index is 0.0782. The van der Waals surface area contributed by atoms with Crippen LogP contribution in [0.25, 0.3) is 6.08 Å². The van der Waals surface area contributed by atoms with Crippen LogP contribution in [0.1, 0.15) is 5.56 Å². The van der Waals surface area contributed by atoms with Crippen molar-refractivity contribution in [2.45, 2.75) is 0 Å². The highest BCUT2D eigenvalue weighted by Crippen LogP contribution is 2.37. The summed E-state index contributed by atoms with van der Waals surface area (Å²) in [6.07, 6.45) is 7.00. The highest BCUT2D eigenvalue weighted by atomic mass is 32.2. The standard InChI is InChI=1S/C21H17FN2O3S/c1-4-12-27-19-14(6-5-7-17(19)26-3)13-18-20(25)24(2)21(28-18)23-16-10-8-15(22)9-11-16/h1,5-11,13H,12H2,2-3H3/b18-13+,23-21?. The molecule has 0 aliphatic carbocycles. The Hall–Kier alpha value is -3.24. The number of amides is 1. The molecule has 28 heavy (non-hydrogen) atoms. The summed E-state index contributed by atoms with van der Waals surface area (Å²) in [5.41, 5.74) is 1.23. The van der Waals surface area contributed by atoms with Crippen LogP contribution in [0.2, 0.25) is 0 Å². The lowest BCUT2D eigenvalue weighted by molar-refractivity contribution is -0.121. The molecule has 0 N–H and O–H groups in total. The van der Waals surface area contributed by atoms with Crippen molar-refractivity contribution in [3.05, 3.63) is 58.8 Å². The largest absolute Gasteiger partial charge is 0.493 e. The summed E-state index contributed by atoms with van der Waals surface area (Å²) in [5, 5.41) is 0.497. The molecule has 3 rings (SSSR count). The van der Waals surface area contributed by atoms with Crippen LogP contribution >= 0.6 is 11.8 Å². The molecule has 1 aliphatic heterocycles. The molecular weight excluding hydrogens is 379 g/mol. The number of methoxy groups -OCH3 is 1. The van der Waals surface area contributed by atoms with Gasteiger partial charge in [-0.15, -0.1) is 6.42 Å². The van der Waals surface area contributed by atoms with Gasteiger partial charge in [-0.1, -0.05) is 18.1 Å². The predicted octanol–water partition coefficient (Wildman–Crippen LogP) is 4.08. The summed E-state index contributed by atoms with van der Waals surface area (Å²) in [6.45, 7) is 0.0782. The van der Waals surface area contributed by atoms with Crippen molar-refractivity contribution >= 4 is 34.6 Å². The Labute approximate surface area is 166 Å². The Morgan fingerprint density at radius 1 is 1.29 bits per heavy atom. The van der Waals surface area contributed by atoms with E-state index in [0.29, 0.717) is 32.8 Å². The van der Waals surface area contributed by atoms with Gasteiger partial charge in [0, 0.05) is 12.6 Å². The summed E-state index contributed by atoms with van der Waals surface area (Å²) >= 11 is 1.22. The highest BCUT2D eigenvalue weighted by Gasteiger charge is 2.30. The van der Waals surface area contributed by atoms with Gasteiger partial charge in [-0.3, -0.25) is 9.69 Å². The lowest BCUT2D eigenvalue weighted by Crippen LogP contribution is -2.23. The second-order valence-corrected chi connectivity index (χ2v) is 6.73. The van der Waals surface area contributed by atoms with Crippen LogP contribution in [0, 0.1) is 18.2 Å². The van der Waals surface area contributed by atoms with Crippen LogP contribution in [-0.2, 0) is 4.79 Å². The van der Waals surface area contributed by atoms with Gasteiger partial charge in [-0.25, -0.2) is 9.38 Å². The van der Waals surface area contributed by atoms with Gasteiger partial charge in [0.25, 0.3) is 5.91 Å². The van der Waals surface area contributed by atoms with Crippen LogP contribution in [0.15, 0.2) is 52.4 Å². The molecule has 1 saturated heterocycles. The Morgan fingerprint density at radius 2 is 2.04 bits per heavy atom. The molecular formula is C21H17FN2O3S. The maximum atomic E-state index is 13.1. The SMILES string of the molecule is C#CCOc1c(/C=C2/SC(=Nc3ccc(F)cc3)N(C)C2=O)cccc1OC. The fourth-order valence-electron chi connectivity index (χ4n) is 2.49. The number of rotatable bonds is 5. The van der Waals surface area contributed by atoms with Crippen molar-refractivity contribution in [1.29, 1.82) is 0 Å². The van der Waals surface area contributed by atoms with E-state index in [-0.39, 0.29) is 18.3 Å². The molecule has 0 spiro atoms. The van der Waals surface area contributed by atoms with Crippen LogP contribution in [0.3, 0.4) is 0 Å². The molecule has 0 atom stereocenters. The van der Waals surface area contributed by atoms with Crippen LogP contribution < -0.4 is 9.47 Å². The smallest absolute Gasteiger partial charge is 0.266 e. The normalized spacial score (nSPS) is 16.5. The minimum atomic E-state index is -0.342. The van der Waals surface area contributed by atoms with Gasteiger partial charge in [0.1, 0.15) is 12.4 Å². The number of aliphatic imine (C=N–C) groups is 1. The zero-order valence-electron chi connectivity index (χ0n) is 15.3. The first-order valence-electron chi connectivity index (χ1n) is 8.28. The number of carbonyl (C=O) groups is 1. The van der Waals surface area contributed by atoms with Crippen LogP contribution in [0.5, 0.6) is 11.5 Å². The zero-order valence-corrected chi connectivity index (χ0v) is 16.1. The summed E-state index contributed by atoms with van der Waals surface area (Å²) in [5.74, 6) is 2.87. The number of terminal acetylenes is 1. The molecule has 0 bridgehead atoms. The average Bonchev–Trinajstić information content (AvgIpc) is 2.96. The van der Waals surface area contributed by atoms with Gasteiger partial charge < -0.3 is 9.47 Å². The predicted molar refractivity (Wildman–Crippen MR) is 109 cm³/mol. The number of halogens is 1. The van der Waals surface area contributed by atoms with Crippen molar-refractivity contribution in [3.63, 3.8) is 0 Å². The van der Waals surface area contributed by atoms with E-state index in [2.05, 4.69) is 10.9 Å². The lowest BCUT2D eigenvalue weighted by Gasteiger charge is -2.11. The van der Waals surface area contributed by atoms with Gasteiger partial charge >= 0.3 is 0 Å². The molecule has 1 aliphatic rings. The van der Waals surface area contributed by atoms with E-state index in [9.17, 15) is 9.18 Å². The third-order valence-electron chi connectivity index (χ3n) is 3.87. The summed E-state index contributed by atoms with van der Waals surface area (Å²) < 4.78 is 24.0. The Balaban J connectivity index is 1.94. The quantitative estimate of drug-likeness (QED) is 0.565. The van der Waals surface area contributed by atoms with Crippen LogP contribution in [-0.4, -0.2) is 36.7 Å². The number of likely N-dealkylation sites (N-methyl/N-ethyl adjacent to an activating group) is 1. The number of nitrogens with zero attached hydrogens (tertiary/aromatic N) is 2. The van der Waals surface area contributed by atoms with Gasteiger partial charge in [-0.2, -0.15) is 0 Å². The number of thioether (sulfide) groups is 1. The first-order chi connectivity index (χ1) is 13.5. The van der Waals surface area contributed by atoms with Crippen LogP contribution in [0.4, 0.5) is 10.1 Å². The number of benzene rings is 2. The number of hydrogen-bond donors (Lipinski definition) is 0. The maximum absolute atomic E-state index is 13.1. The molecule has 1 fully saturated rings. The average molecular weight is 396 g/mol. The number of para-hydroxylation sites is 1. The number of ether oxygens (including phenoxy) is 2. The van der Waals surface area contributed by atoms with Gasteiger partial charge in [-0.05, 0) is 48.2 Å². The minimum Gasteiger partial charge on any atom is -0.493 e. The topological polar surface area (TPSA) is 51.1 Å². The van der Waals surface area contributed by atoms with Gasteiger partial charge in [0.15, 0.2) is 16.7 Å². The van der Waals surface area contributed by atoms with Gasteiger partial charge in [0.2, 0.25) is 0 Å². The third-order valence-corrected chi connectivity index (χ3v) is 4.93. The molecule has 2 aromatic carbocycles. The van der Waals surface area contributed by atoms with Crippen molar-refractivity contribution in [2.75, 3.05) is 20.8 Å². The second kappa shape index (κ2) is 8.63. The molecule has 2 aromatic rings. The summed E-state index contributed by atoms with van der Waals surface area (Å²) in [6, 6.07) is 11.1. The molecule has 0 aromatic heterocycles. The zero-order chi connectivity index (χ0) is 20.1. The van der Waals surface area contributed by atoms with Crippen molar-refractivity contribution < 1.29 is 18.7 Å². The van der Waals surface area contributed by atoms with E-state index in [4.69, 9.17) is 15.9 Å². The Kier molecular flexibility index (Phi) is 6.02. The fourth-order valence-corrected chi connectivity index (χ4v) is 3.47. The molecule has 7 heteroatoms. The first-order valence-corrected chi connectivity index (χ1v) is 9.10. The first kappa shape index (κ1) is 19.5. The van der Waals surface area contributed by atoms with E-state index in [0.717, 1.165) is 0 Å². The van der Waals surface area contributed by atoms with Crippen molar-refractivity contribution in [3.8, 4) is 23.8 Å². The van der Waals surface area contributed by atoms with E-state index in [1.807, 2.05) is 6.07 Å². The molecule has 0 unspecified atom stereocenters. The second-order valence-electron chi connectivity index (χ2n) is 5.72. The fraction of sp³-hybridized carbons (Fsp3) is 0.143. The summed E-state index contributed by atoms with van der Waals surface area (Å²) in [4.78, 5) is 19.0. The third kappa shape index (κ3) is 4.18. The van der Waals surface area contributed by atoms with E-state index in [1.54, 1.807) is 37.4 Å². The maximum Gasteiger partial charge on any atom is 0.266 e.